The van der Waals surface area contributed by atoms with Gasteiger partial charge in [-0.2, -0.15) is 0 Å². The number of aliphatic hydroxyl groups is 1. The van der Waals surface area contributed by atoms with Gasteiger partial charge in [0.1, 0.15) is 0 Å². The lowest BCUT2D eigenvalue weighted by atomic mass is 9.87. The van der Waals surface area contributed by atoms with Gasteiger partial charge < -0.3 is 15.7 Å². The number of carbonyl (C=O) groups excluding carboxylic acids is 1. The fraction of sp³-hybridized carbons (Fsp3) is 0.917. The molecule has 0 aromatic rings. The van der Waals surface area contributed by atoms with Crippen molar-refractivity contribution in [2.75, 3.05) is 6.54 Å². The largest absolute Gasteiger partial charge is 0.392 e. The van der Waals surface area contributed by atoms with E-state index in [4.69, 9.17) is 0 Å². The van der Waals surface area contributed by atoms with Crippen LogP contribution in [0.5, 0.6) is 0 Å². The van der Waals surface area contributed by atoms with Crippen LogP contribution >= 0.6 is 12.4 Å². The van der Waals surface area contributed by atoms with Gasteiger partial charge in [-0.15, -0.1) is 12.4 Å². The van der Waals surface area contributed by atoms with Crippen LogP contribution in [0, 0.1) is 5.92 Å². The monoisotopic (exact) mass is 262 g/mol. The lowest BCUT2D eigenvalue weighted by Gasteiger charge is -2.27. The van der Waals surface area contributed by atoms with E-state index in [1.54, 1.807) is 0 Å². The molecule has 17 heavy (non-hydrogen) atoms. The first kappa shape index (κ1) is 14.7. The van der Waals surface area contributed by atoms with Crippen molar-refractivity contribution < 1.29 is 9.90 Å². The van der Waals surface area contributed by atoms with Crippen LogP contribution in [0.15, 0.2) is 0 Å². The highest BCUT2D eigenvalue weighted by Gasteiger charge is 2.29. The number of nitrogens with one attached hydrogen (secondary N) is 2. The predicted octanol–water partition coefficient (Wildman–Crippen LogP) is 0.826. The maximum Gasteiger partial charge on any atom is 0.237 e. The van der Waals surface area contributed by atoms with Crippen molar-refractivity contribution in [2.24, 2.45) is 5.92 Å². The van der Waals surface area contributed by atoms with Gasteiger partial charge in [-0.25, -0.2) is 0 Å². The minimum Gasteiger partial charge on any atom is -0.392 e. The number of amides is 1. The van der Waals surface area contributed by atoms with Crippen LogP contribution in [0.4, 0.5) is 0 Å². The van der Waals surface area contributed by atoms with Crippen molar-refractivity contribution in [3.05, 3.63) is 0 Å². The highest BCUT2D eigenvalue weighted by atomic mass is 35.5. The van der Waals surface area contributed by atoms with Gasteiger partial charge in [-0.05, 0) is 38.0 Å². The van der Waals surface area contributed by atoms with Crippen molar-refractivity contribution in [3.63, 3.8) is 0 Å². The first-order chi connectivity index (χ1) is 7.65. The highest BCUT2D eigenvalue weighted by Crippen LogP contribution is 2.23. The van der Waals surface area contributed by atoms with E-state index in [1.165, 1.54) is 12.8 Å². The summed E-state index contributed by atoms with van der Waals surface area (Å²) in [4.78, 5) is 11.9. The van der Waals surface area contributed by atoms with Crippen LogP contribution in [0.1, 0.15) is 39.0 Å². The van der Waals surface area contributed by atoms with Gasteiger partial charge >= 0.3 is 0 Å². The van der Waals surface area contributed by atoms with E-state index < -0.39 is 0 Å². The smallest absolute Gasteiger partial charge is 0.237 e. The molecule has 1 heterocycles. The third-order valence-corrected chi connectivity index (χ3v) is 3.79. The zero-order valence-electron chi connectivity index (χ0n) is 10.3. The molecule has 0 spiro atoms. The van der Waals surface area contributed by atoms with Crippen LogP contribution in [0.3, 0.4) is 0 Å². The van der Waals surface area contributed by atoms with E-state index in [0.29, 0.717) is 19.0 Å². The van der Waals surface area contributed by atoms with E-state index in [9.17, 15) is 9.90 Å². The van der Waals surface area contributed by atoms with Gasteiger partial charge in [0.05, 0.1) is 12.1 Å². The molecule has 2 unspecified atom stereocenters. The summed E-state index contributed by atoms with van der Waals surface area (Å²) in [5.41, 5.74) is 0. The van der Waals surface area contributed by atoms with Gasteiger partial charge in [0, 0.05) is 12.6 Å². The van der Waals surface area contributed by atoms with Crippen molar-refractivity contribution in [2.45, 2.75) is 57.2 Å². The van der Waals surface area contributed by atoms with E-state index in [-0.39, 0.29) is 30.5 Å². The lowest BCUT2D eigenvalue weighted by molar-refractivity contribution is -0.123. The molecule has 1 aliphatic heterocycles. The molecule has 4 nitrogen and oxygen atoms in total. The van der Waals surface area contributed by atoms with Gasteiger partial charge in [-0.3, -0.25) is 4.79 Å². The molecular formula is C12H23ClN2O2. The van der Waals surface area contributed by atoms with Crippen LogP contribution in [-0.2, 0) is 4.79 Å². The molecule has 0 aromatic heterocycles. The molecule has 100 valence electrons. The Morgan fingerprint density at radius 3 is 2.47 bits per heavy atom. The summed E-state index contributed by atoms with van der Waals surface area (Å²) in [6.45, 7) is 2.81. The molecule has 1 saturated heterocycles. The Morgan fingerprint density at radius 2 is 1.94 bits per heavy atom. The Hall–Kier alpha value is -0.320. The van der Waals surface area contributed by atoms with E-state index in [1.807, 2.05) is 0 Å². The molecule has 5 heteroatoms. The molecule has 1 saturated carbocycles. The molecule has 2 rings (SSSR count). The molecule has 2 atom stereocenters. The molecule has 2 aliphatic rings. The minimum absolute atomic E-state index is 0. The minimum atomic E-state index is -0.359. The highest BCUT2D eigenvalue weighted by molar-refractivity contribution is 5.85. The topological polar surface area (TPSA) is 61.4 Å². The summed E-state index contributed by atoms with van der Waals surface area (Å²) < 4.78 is 0. The van der Waals surface area contributed by atoms with E-state index in [0.717, 1.165) is 18.8 Å². The molecule has 0 radical (unpaired) electrons. The molecule has 0 bridgehead atoms. The summed E-state index contributed by atoms with van der Waals surface area (Å²) in [7, 11) is 0. The Kier molecular flexibility index (Phi) is 5.70. The summed E-state index contributed by atoms with van der Waals surface area (Å²) in [6.07, 6.45) is 4.82. The van der Waals surface area contributed by atoms with Crippen molar-refractivity contribution in [1.29, 1.82) is 0 Å². The number of carbonyl (C=O) groups is 1. The first-order valence-electron chi connectivity index (χ1n) is 6.37. The fourth-order valence-electron chi connectivity index (χ4n) is 2.62. The zero-order chi connectivity index (χ0) is 11.5. The van der Waals surface area contributed by atoms with Gasteiger partial charge in [-0.1, -0.05) is 6.92 Å². The average Bonchev–Trinajstić information content (AvgIpc) is 2.68. The molecule has 3 N–H and O–H groups in total. The van der Waals surface area contributed by atoms with Gasteiger partial charge in [0.2, 0.25) is 5.91 Å². The Balaban J connectivity index is 0.00000144. The molecule has 1 amide bonds. The van der Waals surface area contributed by atoms with E-state index in [2.05, 4.69) is 17.6 Å². The first-order valence-corrected chi connectivity index (χ1v) is 6.37. The van der Waals surface area contributed by atoms with Crippen LogP contribution in [-0.4, -0.2) is 35.7 Å². The van der Waals surface area contributed by atoms with E-state index >= 15 is 0 Å². The number of rotatable bonds is 2. The summed E-state index contributed by atoms with van der Waals surface area (Å²) in [6, 6.07) is 0.164. The molecule has 1 aliphatic carbocycles. The fourth-order valence-corrected chi connectivity index (χ4v) is 2.62. The van der Waals surface area contributed by atoms with Crippen LogP contribution < -0.4 is 10.6 Å². The zero-order valence-corrected chi connectivity index (χ0v) is 11.1. The molecule has 0 aromatic carbocycles. The average molecular weight is 263 g/mol. The Bertz CT molecular complexity index is 255. The summed E-state index contributed by atoms with van der Waals surface area (Å²) >= 11 is 0. The van der Waals surface area contributed by atoms with Gasteiger partial charge in [0.15, 0.2) is 0 Å². The molecular weight excluding hydrogens is 240 g/mol. The van der Waals surface area contributed by atoms with Gasteiger partial charge in [0.25, 0.3) is 0 Å². The summed E-state index contributed by atoms with van der Waals surface area (Å²) in [5, 5.41) is 15.5. The van der Waals surface area contributed by atoms with Crippen LogP contribution in [0.25, 0.3) is 0 Å². The third kappa shape index (κ3) is 4.12. The number of β-amino-alcohol motifs (C(OH)–C–C–N with tert-alkyl or cyclic N) is 1. The second kappa shape index (κ2) is 6.57. The number of hydrogen-bond acceptors (Lipinski definition) is 3. The Morgan fingerprint density at radius 1 is 1.29 bits per heavy atom. The lowest BCUT2D eigenvalue weighted by Crippen LogP contribution is -2.46. The Labute approximate surface area is 109 Å². The summed E-state index contributed by atoms with van der Waals surface area (Å²) in [5.74, 6) is 0.871. The number of halogens is 1. The van der Waals surface area contributed by atoms with Crippen LogP contribution in [0.2, 0.25) is 0 Å². The maximum atomic E-state index is 11.9. The SMILES string of the molecule is CC1CCC(NC(=O)C2CC(O)CN2)CC1.Cl. The second-order valence-electron chi connectivity index (χ2n) is 5.32. The number of aliphatic hydroxyl groups excluding tert-OH is 1. The standard InChI is InChI=1S/C12H22N2O2.ClH/c1-8-2-4-9(5-3-8)14-12(16)11-6-10(15)7-13-11;/h8-11,13,15H,2-7H2,1H3,(H,14,16);1H. The number of hydrogen-bond donors (Lipinski definition) is 3. The predicted molar refractivity (Wildman–Crippen MR) is 69.2 cm³/mol. The van der Waals surface area contributed by atoms with Crippen molar-refractivity contribution in [1.82, 2.24) is 10.6 Å². The van der Waals surface area contributed by atoms with Crippen molar-refractivity contribution in [3.8, 4) is 0 Å². The normalized spacial score (nSPS) is 37.3. The second-order valence-corrected chi connectivity index (χ2v) is 5.32. The third-order valence-electron chi connectivity index (χ3n) is 3.79. The molecule has 2 fully saturated rings. The maximum absolute atomic E-state index is 11.9. The quantitative estimate of drug-likeness (QED) is 0.691. The van der Waals surface area contributed by atoms with Crippen molar-refractivity contribution >= 4 is 18.3 Å².